The predicted molar refractivity (Wildman–Crippen MR) is 88.4 cm³/mol. The second-order valence-corrected chi connectivity index (χ2v) is 5.25. The van der Waals surface area contributed by atoms with Crippen LogP contribution in [0.25, 0.3) is 10.9 Å². The Morgan fingerprint density at radius 2 is 1.96 bits per heavy atom. The van der Waals surface area contributed by atoms with Gasteiger partial charge in [-0.1, -0.05) is 30.3 Å². The SMILES string of the molecule is O=C(NCCOCc1ccccc1)c1cc2ccc(O)cc2[nH]1. The van der Waals surface area contributed by atoms with E-state index in [1.165, 1.54) is 0 Å². The maximum absolute atomic E-state index is 12.1. The Labute approximate surface area is 133 Å². The van der Waals surface area contributed by atoms with E-state index in [4.69, 9.17) is 4.74 Å². The second-order valence-electron chi connectivity index (χ2n) is 5.25. The predicted octanol–water partition coefficient (Wildman–Crippen LogP) is 2.82. The number of ether oxygens (including phenoxy) is 1. The summed E-state index contributed by atoms with van der Waals surface area (Å²) >= 11 is 0. The normalized spacial score (nSPS) is 10.8. The number of aromatic hydroxyl groups is 1. The van der Waals surface area contributed by atoms with Crippen LogP contribution in [0.2, 0.25) is 0 Å². The number of phenolic OH excluding ortho intramolecular Hbond substituents is 1. The molecule has 3 rings (SSSR count). The summed E-state index contributed by atoms with van der Waals surface area (Å²) in [6, 6.07) is 16.6. The number of nitrogens with one attached hydrogen (secondary N) is 2. The van der Waals surface area contributed by atoms with Gasteiger partial charge in [-0.3, -0.25) is 4.79 Å². The van der Waals surface area contributed by atoms with Gasteiger partial charge in [0.15, 0.2) is 0 Å². The number of carbonyl (C=O) groups is 1. The molecule has 0 saturated carbocycles. The molecule has 5 heteroatoms. The molecule has 2 aromatic carbocycles. The molecule has 0 saturated heterocycles. The average Bonchev–Trinajstić information content (AvgIpc) is 2.98. The van der Waals surface area contributed by atoms with Gasteiger partial charge in [-0.15, -0.1) is 0 Å². The molecule has 1 aromatic heterocycles. The van der Waals surface area contributed by atoms with E-state index in [0.29, 0.717) is 25.5 Å². The molecular formula is C18H18N2O3. The molecule has 0 atom stereocenters. The van der Waals surface area contributed by atoms with Crippen LogP contribution in [-0.4, -0.2) is 29.1 Å². The van der Waals surface area contributed by atoms with Crippen molar-refractivity contribution in [1.29, 1.82) is 0 Å². The molecule has 5 nitrogen and oxygen atoms in total. The number of carbonyl (C=O) groups excluding carboxylic acids is 1. The van der Waals surface area contributed by atoms with Crippen LogP contribution in [0.1, 0.15) is 16.1 Å². The summed E-state index contributed by atoms with van der Waals surface area (Å²) in [6.45, 7) is 1.41. The van der Waals surface area contributed by atoms with E-state index in [1.807, 2.05) is 30.3 Å². The summed E-state index contributed by atoms with van der Waals surface area (Å²) in [5.74, 6) is -0.0235. The molecule has 0 spiro atoms. The van der Waals surface area contributed by atoms with E-state index in [0.717, 1.165) is 16.5 Å². The number of amides is 1. The average molecular weight is 310 g/mol. The summed E-state index contributed by atoms with van der Waals surface area (Å²) in [4.78, 5) is 15.1. The number of phenols is 1. The van der Waals surface area contributed by atoms with Crippen LogP contribution in [0.5, 0.6) is 5.75 Å². The molecule has 0 aliphatic heterocycles. The molecule has 118 valence electrons. The molecule has 0 aliphatic rings. The van der Waals surface area contributed by atoms with Gasteiger partial charge in [0.1, 0.15) is 11.4 Å². The highest BCUT2D eigenvalue weighted by molar-refractivity contribution is 5.98. The molecule has 3 N–H and O–H groups in total. The fraction of sp³-hybridized carbons (Fsp3) is 0.167. The van der Waals surface area contributed by atoms with Crippen molar-refractivity contribution in [2.24, 2.45) is 0 Å². The van der Waals surface area contributed by atoms with Crippen molar-refractivity contribution in [3.63, 3.8) is 0 Å². The molecule has 3 aromatic rings. The van der Waals surface area contributed by atoms with Gasteiger partial charge < -0.3 is 20.1 Å². The number of aromatic nitrogens is 1. The van der Waals surface area contributed by atoms with E-state index in [-0.39, 0.29) is 11.7 Å². The van der Waals surface area contributed by atoms with E-state index < -0.39 is 0 Å². The first-order chi connectivity index (χ1) is 11.2. The number of benzene rings is 2. The van der Waals surface area contributed by atoms with Crippen molar-refractivity contribution < 1.29 is 14.6 Å². The number of H-pyrrole nitrogens is 1. The molecular weight excluding hydrogens is 292 g/mol. The first-order valence-corrected chi connectivity index (χ1v) is 7.44. The van der Waals surface area contributed by atoms with Crippen LogP contribution in [0.15, 0.2) is 54.6 Å². The Bertz CT molecular complexity index is 796. The highest BCUT2D eigenvalue weighted by Gasteiger charge is 2.09. The maximum Gasteiger partial charge on any atom is 0.267 e. The third-order valence-electron chi connectivity index (χ3n) is 3.49. The van der Waals surface area contributed by atoms with Crippen LogP contribution in [0.4, 0.5) is 0 Å². The van der Waals surface area contributed by atoms with Gasteiger partial charge >= 0.3 is 0 Å². The van der Waals surface area contributed by atoms with Gasteiger partial charge in [0.25, 0.3) is 5.91 Å². The Balaban J connectivity index is 1.47. The van der Waals surface area contributed by atoms with E-state index in [1.54, 1.807) is 24.3 Å². The van der Waals surface area contributed by atoms with Crippen molar-refractivity contribution in [1.82, 2.24) is 10.3 Å². The summed E-state index contributed by atoms with van der Waals surface area (Å²) in [5.41, 5.74) is 2.30. The minimum atomic E-state index is -0.191. The lowest BCUT2D eigenvalue weighted by Gasteiger charge is -2.05. The minimum absolute atomic E-state index is 0.167. The summed E-state index contributed by atoms with van der Waals surface area (Å²) in [7, 11) is 0. The lowest BCUT2D eigenvalue weighted by molar-refractivity contribution is 0.0897. The van der Waals surface area contributed by atoms with Crippen molar-refractivity contribution in [2.45, 2.75) is 6.61 Å². The highest BCUT2D eigenvalue weighted by atomic mass is 16.5. The highest BCUT2D eigenvalue weighted by Crippen LogP contribution is 2.20. The Morgan fingerprint density at radius 1 is 1.13 bits per heavy atom. The smallest absolute Gasteiger partial charge is 0.267 e. The molecule has 1 heterocycles. The molecule has 1 amide bonds. The van der Waals surface area contributed by atoms with E-state index in [2.05, 4.69) is 10.3 Å². The number of hydrogen-bond donors (Lipinski definition) is 3. The zero-order chi connectivity index (χ0) is 16.1. The van der Waals surface area contributed by atoms with Gasteiger partial charge in [0.05, 0.1) is 13.2 Å². The summed E-state index contributed by atoms with van der Waals surface area (Å²) in [6.07, 6.45) is 0. The first kappa shape index (κ1) is 15.1. The maximum atomic E-state index is 12.1. The molecule has 0 aliphatic carbocycles. The van der Waals surface area contributed by atoms with Crippen molar-refractivity contribution in [3.8, 4) is 5.75 Å². The van der Waals surface area contributed by atoms with Crippen molar-refractivity contribution in [3.05, 3.63) is 65.9 Å². The number of rotatable bonds is 6. The van der Waals surface area contributed by atoms with Gasteiger partial charge in [-0.05, 0) is 23.8 Å². The van der Waals surface area contributed by atoms with Gasteiger partial charge in [-0.2, -0.15) is 0 Å². The van der Waals surface area contributed by atoms with Gasteiger partial charge in [0.2, 0.25) is 0 Å². The largest absolute Gasteiger partial charge is 0.508 e. The second kappa shape index (κ2) is 6.98. The molecule has 0 bridgehead atoms. The fourth-order valence-electron chi connectivity index (χ4n) is 2.33. The Morgan fingerprint density at radius 3 is 2.78 bits per heavy atom. The van der Waals surface area contributed by atoms with E-state index >= 15 is 0 Å². The van der Waals surface area contributed by atoms with Crippen molar-refractivity contribution >= 4 is 16.8 Å². The molecule has 0 unspecified atom stereocenters. The fourth-order valence-corrected chi connectivity index (χ4v) is 2.33. The van der Waals surface area contributed by atoms with Gasteiger partial charge in [-0.25, -0.2) is 0 Å². The number of aromatic amines is 1. The van der Waals surface area contributed by atoms with E-state index in [9.17, 15) is 9.90 Å². The third-order valence-corrected chi connectivity index (χ3v) is 3.49. The molecule has 0 fully saturated rings. The van der Waals surface area contributed by atoms with Crippen LogP contribution in [0, 0.1) is 0 Å². The monoisotopic (exact) mass is 310 g/mol. The zero-order valence-electron chi connectivity index (χ0n) is 12.6. The topological polar surface area (TPSA) is 74.3 Å². The first-order valence-electron chi connectivity index (χ1n) is 7.44. The van der Waals surface area contributed by atoms with Crippen LogP contribution >= 0.6 is 0 Å². The standard InChI is InChI=1S/C18H18N2O3/c21-15-7-6-14-10-17(20-16(14)11-15)18(22)19-8-9-23-12-13-4-2-1-3-5-13/h1-7,10-11,20-21H,8-9,12H2,(H,19,22). The van der Waals surface area contributed by atoms with Crippen LogP contribution in [-0.2, 0) is 11.3 Å². The van der Waals surface area contributed by atoms with Crippen LogP contribution < -0.4 is 5.32 Å². The molecule has 23 heavy (non-hydrogen) atoms. The van der Waals surface area contributed by atoms with Gasteiger partial charge in [0, 0.05) is 23.5 Å². The zero-order valence-corrected chi connectivity index (χ0v) is 12.6. The van der Waals surface area contributed by atoms with Crippen molar-refractivity contribution in [2.75, 3.05) is 13.2 Å². The lowest BCUT2D eigenvalue weighted by Crippen LogP contribution is -2.27. The summed E-state index contributed by atoms with van der Waals surface area (Å²) < 4.78 is 5.52. The Hall–Kier alpha value is -2.79. The lowest BCUT2D eigenvalue weighted by atomic mass is 10.2. The molecule has 0 radical (unpaired) electrons. The number of hydrogen-bond acceptors (Lipinski definition) is 3. The minimum Gasteiger partial charge on any atom is -0.508 e. The quantitative estimate of drug-likeness (QED) is 0.613. The third kappa shape index (κ3) is 3.90. The number of fused-ring (bicyclic) bond motifs is 1. The Kier molecular flexibility index (Phi) is 4.59. The summed E-state index contributed by atoms with van der Waals surface area (Å²) in [5, 5.41) is 13.1. The van der Waals surface area contributed by atoms with Crippen LogP contribution in [0.3, 0.4) is 0 Å².